The molecule has 120 valence electrons. The fourth-order valence-corrected chi connectivity index (χ4v) is 3.35. The van der Waals surface area contributed by atoms with Gasteiger partial charge in [-0.3, -0.25) is 0 Å². The fraction of sp³-hybridized carbons (Fsp3) is 0.600. The van der Waals surface area contributed by atoms with Gasteiger partial charge in [-0.2, -0.15) is 4.31 Å². The van der Waals surface area contributed by atoms with Crippen LogP contribution in [0.4, 0.5) is 0 Å². The number of aliphatic hydroxyl groups excluding tert-OH is 1. The van der Waals surface area contributed by atoms with Crippen LogP contribution in [0.3, 0.4) is 0 Å². The third kappa shape index (κ3) is 4.51. The molecule has 0 aliphatic heterocycles. The normalized spacial score (nSPS) is 15.1. The number of hydrogen-bond donors (Lipinski definition) is 2. The molecular formula is C15H26N2O3S. The zero-order valence-electron chi connectivity index (χ0n) is 13.2. The minimum absolute atomic E-state index is 0.0978. The van der Waals surface area contributed by atoms with Gasteiger partial charge in [-0.1, -0.05) is 19.1 Å². The van der Waals surface area contributed by atoms with Crippen LogP contribution in [0.1, 0.15) is 38.8 Å². The number of sulfonamides is 1. The maximum Gasteiger partial charge on any atom is 0.243 e. The number of nitrogens with zero attached hydrogens (tertiary/aromatic N) is 1. The van der Waals surface area contributed by atoms with E-state index in [0.717, 1.165) is 18.5 Å². The van der Waals surface area contributed by atoms with E-state index in [2.05, 4.69) is 12.2 Å². The third-order valence-corrected chi connectivity index (χ3v) is 5.59. The van der Waals surface area contributed by atoms with Gasteiger partial charge in [0, 0.05) is 19.1 Å². The van der Waals surface area contributed by atoms with Crippen molar-refractivity contribution in [2.75, 3.05) is 20.2 Å². The van der Waals surface area contributed by atoms with Gasteiger partial charge in [0.15, 0.2) is 0 Å². The summed E-state index contributed by atoms with van der Waals surface area (Å²) in [4.78, 5) is 0.257. The van der Waals surface area contributed by atoms with Gasteiger partial charge in [0.1, 0.15) is 0 Å². The summed E-state index contributed by atoms with van der Waals surface area (Å²) in [7, 11) is -2.09. The Hall–Kier alpha value is -0.950. The molecule has 2 atom stereocenters. The van der Waals surface area contributed by atoms with E-state index < -0.39 is 16.1 Å². The first-order valence-electron chi connectivity index (χ1n) is 7.26. The second kappa shape index (κ2) is 7.89. The van der Waals surface area contributed by atoms with Crippen molar-refractivity contribution in [1.82, 2.24) is 9.62 Å². The SMILES string of the molecule is CCCNC(C)c1cccc(S(=O)(=O)N(C)C(C)CO)c1. The molecule has 2 unspecified atom stereocenters. The summed E-state index contributed by atoms with van der Waals surface area (Å²) in [6.07, 6.45) is 1.03. The molecule has 0 aliphatic rings. The zero-order valence-corrected chi connectivity index (χ0v) is 14.0. The van der Waals surface area contributed by atoms with Crippen LogP contribution in [0.5, 0.6) is 0 Å². The number of hydrogen-bond acceptors (Lipinski definition) is 4. The molecular weight excluding hydrogens is 288 g/mol. The van der Waals surface area contributed by atoms with Crippen LogP contribution in [0.15, 0.2) is 29.2 Å². The van der Waals surface area contributed by atoms with Gasteiger partial charge in [-0.25, -0.2) is 8.42 Å². The van der Waals surface area contributed by atoms with Crippen LogP contribution >= 0.6 is 0 Å². The van der Waals surface area contributed by atoms with E-state index in [1.807, 2.05) is 13.0 Å². The molecule has 0 fully saturated rings. The van der Waals surface area contributed by atoms with Crippen molar-refractivity contribution >= 4 is 10.0 Å². The number of benzene rings is 1. The second-order valence-electron chi connectivity index (χ2n) is 5.30. The Labute approximate surface area is 128 Å². The van der Waals surface area contributed by atoms with Crippen LogP contribution in [0.25, 0.3) is 0 Å². The summed E-state index contributed by atoms with van der Waals surface area (Å²) in [6, 6.07) is 6.61. The highest BCUT2D eigenvalue weighted by atomic mass is 32.2. The Morgan fingerprint density at radius 3 is 2.57 bits per heavy atom. The van der Waals surface area contributed by atoms with Crippen molar-refractivity contribution in [3.8, 4) is 0 Å². The fourth-order valence-electron chi connectivity index (χ4n) is 1.94. The van der Waals surface area contributed by atoms with E-state index in [4.69, 9.17) is 5.11 Å². The summed E-state index contributed by atoms with van der Waals surface area (Å²) in [5.41, 5.74) is 0.939. The lowest BCUT2D eigenvalue weighted by Gasteiger charge is -2.23. The van der Waals surface area contributed by atoms with Crippen molar-refractivity contribution in [1.29, 1.82) is 0 Å². The number of rotatable bonds is 8. The molecule has 0 aromatic heterocycles. The predicted octanol–water partition coefficient (Wildman–Crippen LogP) is 1.75. The van der Waals surface area contributed by atoms with Gasteiger partial charge in [-0.15, -0.1) is 0 Å². The largest absolute Gasteiger partial charge is 0.395 e. The van der Waals surface area contributed by atoms with Crippen LogP contribution in [-0.2, 0) is 10.0 Å². The molecule has 1 aromatic rings. The first-order chi connectivity index (χ1) is 9.84. The van der Waals surface area contributed by atoms with Gasteiger partial charge >= 0.3 is 0 Å². The van der Waals surface area contributed by atoms with Crippen LogP contribution < -0.4 is 5.32 Å². The highest BCUT2D eigenvalue weighted by Crippen LogP contribution is 2.21. The molecule has 0 saturated heterocycles. The topological polar surface area (TPSA) is 69.6 Å². The van der Waals surface area contributed by atoms with Gasteiger partial charge in [0.2, 0.25) is 10.0 Å². The summed E-state index contributed by atoms with van der Waals surface area (Å²) in [5.74, 6) is 0. The summed E-state index contributed by atoms with van der Waals surface area (Å²) < 4.78 is 26.2. The van der Waals surface area contributed by atoms with E-state index in [0.29, 0.717) is 0 Å². The summed E-state index contributed by atoms with van der Waals surface area (Å²) in [5, 5.41) is 12.5. The molecule has 0 amide bonds. The Morgan fingerprint density at radius 1 is 1.33 bits per heavy atom. The van der Waals surface area contributed by atoms with Gasteiger partial charge in [-0.05, 0) is 44.5 Å². The first kappa shape index (κ1) is 18.1. The van der Waals surface area contributed by atoms with Crippen LogP contribution in [0.2, 0.25) is 0 Å². The van der Waals surface area contributed by atoms with Crippen LogP contribution in [-0.4, -0.2) is 44.1 Å². The monoisotopic (exact) mass is 314 g/mol. The average molecular weight is 314 g/mol. The van der Waals surface area contributed by atoms with Gasteiger partial charge in [0.05, 0.1) is 11.5 Å². The average Bonchev–Trinajstić information content (AvgIpc) is 2.50. The van der Waals surface area contributed by atoms with E-state index in [-0.39, 0.29) is 17.5 Å². The molecule has 0 heterocycles. The lowest BCUT2D eigenvalue weighted by molar-refractivity contribution is 0.214. The third-order valence-electron chi connectivity index (χ3n) is 3.62. The molecule has 0 radical (unpaired) electrons. The van der Waals surface area contributed by atoms with Crippen molar-refractivity contribution < 1.29 is 13.5 Å². The molecule has 21 heavy (non-hydrogen) atoms. The van der Waals surface area contributed by atoms with E-state index in [1.165, 1.54) is 11.4 Å². The Balaban J connectivity index is 3.04. The maximum absolute atomic E-state index is 12.5. The molecule has 0 saturated carbocycles. The smallest absolute Gasteiger partial charge is 0.243 e. The van der Waals surface area contributed by atoms with E-state index in [1.54, 1.807) is 25.1 Å². The minimum Gasteiger partial charge on any atom is -0.395 e. The Bertz CT molecular complexity index is 546. The standard InChI is InChI=1S/C15H26N2O3S/c1-5-9-16-13(3)14-7-6-8-15(10-14)21(19,20)17(4)12(2)11-18/h6-8,10,12-13,16,18H,5,9,11H2,1-4H3. The molecule has 0 aliphatic carbocycles. The van der Waals surface area contributed by atoms with Crippen molar-refractivity contribution in [2.24, 2.45) is 0 Å². The highest BCUT2D eigenvalue weighted by molar-refractivity contribution is 7.89. The Morgan fingerprint density at radius 2 is 2.00 bits per heavy atom. The molecule has 1 rings (SSSR count). The highest BCUT2D eigenvalue weighted by Gasteiger charge is 2.25. The van der Waals surface area contributed by atoms with Gasteiger partial charge in [0.25, 0.3) is 0 Å². The predicted molar refractivity (Wildman–Crippen MR) is 84.6 cm³/mol. The molecule has 0 spiro atoms. The number of likely N-dealkylation sites (N-methyl/N-ethyl adjacent to an activating group) is 1. The molecule has 2 N–H and O–H groups in total. The molecule has 5 nitrogen and oxygen atoms in total. The number of nitrogens with one attached hydrogen (secondary N) is 1. The number of aliphatic hydroxyl groups is 1. The lowest BCUT2D eigenvalue weighted by Crippen LogP contribution is -2.37. The van der Waals surface area contributed by atoms with Crippen molar-refractivity contribution in [3.63, 3.8) is 0 Å². The Kier molecular flexibility index (Phi) is 6.80. The summed E-state index contributed by atoms with van der Waals surface area (Å²) in [6.45, 7) is 6.46. The van der Waals surface area contributed by atoms with Gasteiger partial charge < -0.3 is 10.4 Å². The zero-order chi connectivity index (χ0) is 16.0. The molecule has 6 heteroatoms. The van der Waals surface area contributed by atoms with E-state index >= 15 is 0 Å². The van der Waals surface area contributed by atoms with Crippen molar-refractivity contribution in [2.45, 2.75) is 44.2 Å². The lowest BCUT2D eigenvalue weighted by atomic mass is 10.1. The molecule has 1 aromatic carbocycles. The first-order valence-corrected chi connectivity index (χ1v) is 8.70. The van der Waals surface area contributed by atoms with Crippen molar-refractivity contribution in [3.05, 3.63) is 29.8 Å². The van der Waals surface area contributed by atoms with E-state index in [9.17, 15) is 8.42 Å². The summed E-state index contributed by atoms with van der Waals surface area (Å²) >= 11 is 0. The quantitative estimate of drug-likeness (QED) is 0.767. The maximum atomic E-state index is 12.5. The molecule has 0 bridgehead atoms. The second-order valence-corrected chi connectivity index (χ2v) is 7.30. The van der Waals surface area contributed by atoms with Crippen LogP contribution in [0, 0.1) is 0 Å². The minimum atomic E-state index is -3.58.